The number of aliphatic hydroxyl groups excluding tert-OH is 1. The molecule has 0 aliphatic carbocycles. The van der Waals surface area contributed by atoms with Crippen LogP contribution >= 0.6 is 0 Å². The first-order chi connectivity index (χ1) is 9.50. The highest BCUT2D eigenvalue weighted by Crippen LogP contribution is 2.29. The lowest BCUT2D eigenvalue weighted by Crippen LogP contribution is -2.40. The molecule has 0 aromatic carbocycles. The Labute approximate surface area is 115 Å². The van der Waals surface area contributed by atoms with E-state index in [1.54, 1.807) is 11.0 Å². The van der Waals surface area contributed by atoms with Gasteiger partial charge in [0.1, 0.15) is 11.5 Å². The number of aromatic nitrogens is 1. The SMILES string of the molecule is OCCOC1CCCN(c2cccc(C(F)(F)F)n2)C1. The molecular formula is C13H17F3N2O2. The van der Waals surface area contributed by atoms with Crippen LogP contribution in [0.1, 0.15) is 18.5 Å². The molecule has 1 aliphatic heterocycles. The molecule has 1 saturated heterocycles. The molecule has 1 aromatic heterocycles. The van der Waals surface area contributed by atoms with Gasteiger partial charge in [0.05, 0.1) is 19.3 Å². The van der Waals surface area contributed by atoms with E-state index in [1.165, 1.54) is 6.07 Å². The third-order valence-corrected chi connectivity index (χ3v) is 3.17. The topological polar surface area (TPSA) is 45.6 Å². The Hall–Kier alpha value is -1.34. The minimum atomic E-state index is -4.43. The lowest BCUT2D eigenvalue weighted by Gasteiger charge is -2.33. The summed E-state index contributed by atoms with van der Waals surface area (Å²) in [6.07, 6.45) is -2.84. The maximum absolute atomic E-state index is 12.6. The van der Waals surface area contributed by atoms with Crippen molar-refractivity contribution in [2.45, 2.75) is 25.1 Å². The Kier molecular flexibility index (Phi) is 4.82. The molecule has 1 aromatic rings. The minimum absolute atomic E-state index is 0.0572. The highest BCUT2D eigenvalue weighted by atomic mass is 19.4. The molecule has 1 N–H and O–H groups in total. The molecule has 4 nitrogen and oxygen atoms in total. The van der Waals surface area contributed by atoms with E-state index in [2.05, 4.69) is 4.98 Å². The molecule has 20 heavy (non-hydrogen) atoms. The van der Waals surface area contributed by atoms with Crippen molar-refractivity contribution in [2.75, 3.05) is 31.2 Å². The molecule has 1 unspecified atom stereocenters. The molecular weight excluding hydrogens is 273 g/mol. The van der Waals surface area contributed by atoms with Gasteiger partial charge in [0.2, 0.25) is 0 Å². The number of alkyl halides is 3. The van der Waals surface area contributed by atoms with Crippen LogP contribution in [0.3, 0.4) is 0 Å². The molecule has 1 aliphatic rings. The lowest BCUT2D eigenvalue weighted by atomic mass is 10.1. The summed E-state index contributed by atoms with van der Waals surface area (Å²) in [7, 11) is 0. The van der Waals surface area contributed by atoms with E-state index in [-0.39, 0.29) is 19.3 Å². The maximum Gasteiger partial charge on any atom is 0.433 e. The van der Waals surface area contributed by atoms with Crippen molar-refractivity contribution in [1.29, 1.82) is 0 Å². The number of halogens is 3. The van der Waals surface area contributed by atoms with Crippen molar-refractivity contribution in [2.24, 2.45) is 0 Å². The molecule has 1 fully saturated rings. The fourth-order valence-corrected chi connectivity index (χ4v) is 2.26. The van der Waals surface area contributed by atoms with Gasteiger partial charge in [-0.3, -0.25) is 0 Å². The van der Waals surface area contributed by atoms with E-state index in [4.69, 9.17) is 9.84 Å². The molecule has 1 atom stereocenters. The summed E-state index contributed by atoms with van der Waals surface area (Å²) in [5.41, 5.74) is -0.881. The smallest absolute Gasteiger partial charge is 0.394 e. The van der Waals surface area contributed by atoms with Gasteiger partial charge in [0.15, 0.2) is 0 Å². The van der Waals surface area contributed by atoms with Crippen molar-refractivity contribution in [1.82, 2.24) is 4.98 Å². The molecule has 0 bridgehead atoms. The zero-order valence-electron chi connectivity index (χ0n) is 10.9. The first kappa shape index (κ1) is 15.1. The van der Waals surface area contributed by atoms with Gasteiger partial charge in [0, 0.05) is 13.1 Å². The monoisotopic (exact) mass is 290 g/mol. The Morgan fingerprint density at radius 1 is 1.40 bits per heavy atom. The van der Waals surface area contributed by atoms with E-state index in [0.29, 0.717) is 18.9 Å². The quantitative estimate of drug-likeness (QED) is 0.922. The number of piperidine rings is 1. The van der Waals surface area contributed by atoms with Crippen LogP contribution in [0, 0.1) is 0 Å². The Balaban J connectivity index is 2.07. The molecule has 112 valence electrons. The second-order valence-electron chi connectivity index (χ2n) is 4.68. The number of pyridine rings is 1. The fraction of sp³-hybridized carbons (Fsp3) is 0.615. The number of aliphatic hydroxyl groups is 1. The zero-order chi connectivity index (χ0) is 14.6. The van der Waals surface area contributed by atoms with Gasteiger partial charge in [-0.1, -0.05) is 6.07 Å². The van der Waals surface area contributed by atoms with Crippen LogP contribution in [0.15, 0.2) is 18.2 Å². The first-order valence-electron chi connectivity index (χ1n) is 6.52. The normalized spacial score (nSPS) is 20.2. The molecule has 0 radical (unpaired) electrons. The van der Waals surface area contributed by atoms with Crippen LogP contribution in [0.5, 0.6) is 0 Å². The average molecular weight is 290 g/mol. The summed E-state index contributed by atoms with van der Waals surface area (Å²) in [5, 5.41) is 8.73. The number of rotatable bonds is 4. The number of ether oxygens (including phenoxy) is 1. The van der Waals surface area contributed by atoms with Crippen LogP contribution < -0.4 is 4.90 Å². The summed E-state index contributed by atoms with van der Waals surface area (Å²) in [6, 6.07) is 3.90. The van der Waals surface area contributed by atoms with Gasteiger partial charge in [-0.15, -0.1) is 0 Å². The molecule has 0 spiro atoms. The van der Waals surface area contributed by atoms with Crippen LogP contribution in [0.4, 0.5) is 19.0 Å². The predicted octanol–water partition coefficient (Wildman–Crippen LogP) is 2.08. The van der Waals surface area contributed by atoms with E-state index in [1.807, 2.05) is 0 Å². The number of hydrogen-bond acceptors (Lipinski definition) is 4. The van der Waals surface area contributed by atoms with E-state index in [0.717, 1.165) is 18.9 Å². The van der Waals surface area contributed by atoms with E-state index in [9.17, 15) is 13.2 Å². The summed E-state index contributed by atoms with van der Waals surface area (Å²) in [5.74, 6) is 0.317. The van der Waals surface area contributed by atoms with Gasteiger partial charge in [-0.05, 0) is 25.0 Å². The third kappa shape index (κ3) is 3.83. The summed E-state index contributed by atoms with van der Waals surface area (Å²) < 4.78 is 43.4. The first-order valence-corrected chi connectivity index (χ1v) is 6.52. The molecule has 2 heterocycles. The Morgan fingerprint density at radius 3 is 2.90 bits per heavy atom. The summed E-state index contributed by atoms with van der Waals surface area (Å²) in [4.78, 5) is 5.47. The standard InChI is InChI=1S/C13H17F3N2O2/c14-13(15,16)11-4-1-5-12(17-11)18-6-2-3-10(9-18)20-8-7-19/h1,4-5,10,19H,2-3,6-9H2. The highest BCUT2D eigenvalue weighted by molar-refractivity contribution is 5.40. The van der Waals surface area contributed by atoms with Crippen molar-refractivity contribution < 1.29 is 23.0 Å². The summed E-state index contributed by atoms with van der Waals surface area (Å²) in [6.45, 7) is 1.34. The largest absolute Gasteiger partial charge is 0.433 e. The van der Waals surface area contributed by atoms with Gasteiger partial charge >= 0.3 is 6.18 Å². The number of anilines is 1. The van der Waals surface area contributed by atoms with Crippen LogP contribution in [-0.2, 0) is 10.9 Å². The third-order valence-electron chi connectivity index (χ3n) is 3.17. The van der Waals surface area contributed by atoms with Gasteiger partial charge < -0.3 is 14.7 Å². The number of nitrogens with zero attached hydrogens (tertiary/aromatic N) is 2. The Morgan fingerprint density at radius 2 is 2.20 bits per heavy atom. The molecule has 2 rings (SSSR count). The van der Waals surface area contributed by atoms with Gasteiger partial charge in [-0.25, -0.2) is 4.98 Å². The zero-order valence-corrected chi connectivity index (χ0v) is 10.9. The van der Waals surface area contributed by atoms with Crippen LogP contribution in [0.25, 0.3) is 0 Å². The minimum Gasteiger partial charge on any atom is -0.394 e. The van der Waals surface area contributed by atoms with Crippen LogP contribution in [-0.4, -0.2) is 42.5 Å². The van der Waals surface area contributed by atoms with Crippen LogP contribution in [0.2, 0.25) is 0 Å². The van der Waals surface area contributed by atoms with Crippen molar-refractivity contribution in [3.63, 3.8) is 0 Å². The number of hydrogen-bond donors (Lipinski definition) is 1. The average Bonchev–Trinajstić information content (AvgIpc) is 2.45. The summed E-state index contributed by atoms with van der Waals surface area (Å²) >= 11 is 0. The maximum atomic E-state index is 12.6. The molecule has 7 heteroatoms. The highest BCUT2D eigenvalue weighted by Gasteiger charge is 2.33. The Bertz CT molecular complexity index is 440. The van der Waals surface area contributed by atoms with Crippen molar-refractivity contribution in [3.05, 3.63) is 23.9 Å². The van der Waals surface area contributed by atoms with E-state index < -0.39 is 11.9 Å². The molecule has 0 saturated carbocycles. The van der Waals surface area contributed by atoms with Gasteiger partial charge in [0.25, 0.3) is 0 Å². The second-order valence-corrected chi connectivity index (χ2v) is 4.68. The van der Waals surface area contributed by atoms with E-state index >= 15 is 0 Å². The van der Waals surface area contributed by atoms with Gasteiger partial charge in [-0.2, -0.15) is 13.2 Å². The fourth-order valence-electron chi connectivity index (χ4n) is 2.26. The lowest BCUT2D eigenvalue weighted by molar-refractivity contribution is -0.141. The molecule has 0 amide bonds. The second kappa shape index (κ2) is 6.41. The van der Waals surface area contributed by atoms with Crippen molar-refractivity contribution in [3.8, 4) is 0 Å². The predicted molar refractivity (Wildman–Crippen MR) is 67.5 cm³/mol. The van der Waals surface area contributed by atoms with Crippen molar-refractivity contribution >= 4 is 5.82 Å².